The maximum atomic E-state index is 13.9. The first-order chi connectivity index (χ1) is 14.9. The van der Waals surface area contributed by atoms with Gasteiger partial charge in [-0.1, -0.05) is 19.4 Å². The molecule has 1 aromatic rings. The topological polar surface area (TPSA) is 77.1 Å². The van der Waals surface area contributed by atoms with E-state index in [0.29, 0.717) is 29.2 Å². The van der Waals surface area contributed by atoms with Gasteiger partial charge in [0.2, 0.25) is 0 Å². The Hall–Kier alpha value is -2.54. The lowest BCUT2D eigenvalue weighted by molar-refractivity contribution is -0.137. The molecule has 168 valence electrons. The first-order valence-corrected chi connectivity index (χ1v) is 11.0. The van der Waals surface area contributed by atoms with Crippen molar-refractivity contribution < 1.29 is 23.8 Å². The van der Waals surface area contributed by atoms with Gasteiger partial charge in [0, 0.05) is 24.8 Å². The fraction of sp³-hybridized carbons (Fsp3) is 0.583. The van der Waals surface area contributed by atoms with Crippen molar-refractivity contribution >= 4 is 17.4 Å². The summed E-state index contributed by atoms with van der Waals surface area (Å²) in [7, 11) is 4.55. The van der Waals surface area contributed by atoms with Crippen molar-refractivity contribution in [2.45, 2.75) is 44.7 Å². The molecule has 4 atom stereocenters. The Morgan fingerprint density at radius 3 is 2.74 bits per heavy atom. The summed E-state index contributed by atoms with van der Waals surface area (Å²) in [6.45, 7) is 5.80. The van der Waals surface area contributed by atoms with E-state index in [1.54, 1.807) is 14.2 Å². The van der Waals surface area contributed by atoms with Gasteiger partial charge in [-0.05, 0) is 43.2 Å². The zero-order valence-corrected chi connectivity index (χ0v) is 19.0. The van der Waals surface area contributed by atoms with E-state index < -0.39 is 5.54 Å². The summed E-state index contributed by atoms with van der Waals surface area (Å²) < 4.78 is 15.9. The molecule has 0 bridgehead atoms. The Labute approximate surface area is 183 Å². The van der Waals surface area contributed by atoms with Crippen LogP contribution in [-0.2, 0) is 14.3 Å². The van der Waals surface area contributed by atoms with E-state index in [0.717, 1.165) is 37.2 Å². The number of ketones is 1. The Bertz CT molecular complexity index is 927. The lowest BCUT2D eigenvalue weighted by Gasteiger charge is -2.45. The fourth-order valence-corrected chi connectivity index (χ4v) is 5.92. The second kappa shape index (κ2) is 8.19. The zero-order chi connectivity index (χ0) is 22.3. The van der Waals surface area contributed by atoms with Gasteiger partial charge < -0.3 is 19.5 Å². The van der Waals surface area contributed by atoms with E-state index in [1.165, 1.54) is 13.4 Å². The maximum Gasteiger partial charge on any atom is 0.337 e. The van der Waals surface area contributed by atoms with Crippen LogP contribution < -0.4 is 10.1 Å². The molecule has 0 aliphatic carbocycles. The number of aryl methyl sites for hydroxylation is 1. The number of carbonyl (C=O) groups is 2. The highest BCUT2D eigenvalue weighted by Gasteiger charge is 2.60. The molecule has 0 amide bonds. The molecule has 7 nitrogen and oxygen atoms in total. The highest BCUT2D eigenvalue weighted by molar-refractivity contribution is 6.16. The van der Waals surface area contributed by atoms with Crippen LogP contribution in [0.2, 0.25) is 0 Å². The van der Waals surface area contributed by atoms with Gasteiger partial charge in [-0.3, -0.25) is 9.69 Å². The van der Waals surface area contributed by atoms with Crippen LogP contribution in [0.25, 0.3) is 0 Å². The van der Waals surface area contributed by atoms with Gasteiger partial charge in [-0.2, -0.15) is 0 Å². The van der Waals surface area contributed by atoms with E-state index in [2.05, 4.69) is 17.1 Å². The SMILES string of the molecule is CC[C@@H]1CN2CC[C@]3(Nc4ccc(C)c(OC)c4C3=O)[C@@H]2C[C@@H]1/C(=C\OC)C(=O)OC. The molecule has 31 heavy (non-hydrogen) atoms. The second-order valence-corrected chi connectivity index (χ2v) is 8.84. The van der Waals surface area contributed by atoms with Crippen molar-refractivity contribution in [3.8, 4) is 5.75 Å². The lowest BCUT2D eigenvalue weighted by atomic mass is 9.72. The smallest absolute Gasteiger partial charge is 0.337 e. The second-order valence-electron chi connectivity index (χ2n) is 8.84. The molecule has 7 heteroatoms. The molecule has 2 fully saturated rings. The van der Waals surface area contributed by atoms with E-state index in [-0.39, 0.29) is 23.7 Å². The highest BCUT2D eigenvalue weighted by Crippen LogP contribution is 2.50. The van der Waals surface area contributed by atoms with Crippen LogP contribution in [0.15, 0.2) is 24.0 Å². The number of nitrogens with one attached hydrogen (secondary N) is 1. The Kier molecular flexibility index (Phi) is 5.73. The molecule has 2 saturated heterocycles. The number of benzene rings is 1. The predicted octanol–water partition coefficient (Wildman–Crippen LogP) is 3.17. The van der Waals surface area contributed by atoms with Gasteiger partial charge in [-0.15, -0.1) is 0 Å². The number of ether oxygens (including phenoxy) is 3. The summed E-state index contributed by atoms with van der Waals surface area (Å²) in [4.78, 5) is 28.8. The molecular weight excluding hydrogens is 396 g/mol. The minimum Gasteiger partial charge on any atom is -0.504 e. The number of hydrogen-bond donors (Lipinski definition) is 1. The molecule has 4 rings (SSSR count). The monoisotopic (exact) mass is 428 g/mol. The Balaban J connectivity index is 1.72. The number of carbonyl (C=O) groups excluding carboxylic acids is 2. The fourth-order valence-electron chi connectivity index (χ4n) is 5.92. The van der Waals surface area contributed by atoms with Crippen molar-refractivity contribution in [2.75, 3.05) is 39.7 Å². The molecule has 1 aromatic carbocycles. The van der Waals surface area contributed by atoms with Crippen LogP contribution in [0, 0.1) is 18.8 Å². The summed E-state index contributed by atoms with van der Waals surface area (Å²) >= 11 is 0. The predicted molar refractivity (Wildman–Crippen MR) is 117 cm³/mol. The number of piperidine rings is 1. The van der Waals surface area contributed by atoms with Crippen LogP contribution in [0.4, 0.5) is 5.69 Å². The summed E-state index contributed by atoms with van der Waals surface area (Å²) in [5.74, 6) is 0.647. The Morgan fingerprint density at radius 1 is 1.32 bits per heavy atom. The summed E-state index contributed by atoms with van der Waals surface area (Å²) in [5.41, 5.74) is 2.29. The number of anilines is 1. The van der Waals surface area contributed by atoms with Gasteiger partial charge in [0.05, 0.1) is 38.7 Å². The Morgan fingerprint density at radius 2 is 2.10 bits per heavy atom. The zero-order valence-electron chi connectivity index (χ0n) is 19.0. The lowest BCUT2D eigenvalue weighted by Crippen LogP contribution is -2.57. The van der Waals surface area contributed by atoms with Crippen LogP contribution in [0.5, 0.6) is 5.75 Å². The molecule has 3 aliphatic heterocycles. The molecule has 3 aliphatic rings. The third-order valence-corrected chi connectivity index (χ3v) is 7.46. The summed E-state index contributed by atoms with van der Waals surface area (Å²) in [6.07, 6.45) is 3.88. The van der Waals surface area contributed by atoms with Crippen molar-refractivity contribution in [3.05, 3.63) is 35.1 Å². The van der Waals surface area contributed by atoms with Gasteiger partial charge in [-0.25, -0.2) is 4.79 Å². The standard InChI is InChI=1S/C24H32N2O5/c1-6-15-12-26-10-9-24(19(26)11-16(15)17(13-29-3)23(28)31-5)22(27)20-18(25-24)8-7-14(2)21(20)30-4/h7-8,13,15-16,19,25H,6,9-12H2,1-5H3/b17-13+/t15-,16+,19+,24+/m1/s1. The largest absolute Gasteiger partial charge is 0.504 e. The number of nitrogens with zero attached hydrogens (tertiary/aromatic N) is 1. The number of fused-ring (bicyclic) bond motifs is 3. The van der Waals surface area contributed by atoms with E-state index >= 15 is 0 Å². The van der Waals surface area contributed by atoms with Crippen molar-refractivity contribution in [1.82, 2.24) is 4.90 Å². The quantitative estimate of drug-likeness (QED) is 0.438. The molecule has 0 aromatic heterocycles. The average Bonchev–Trinajstić information content (AvgIpc) is 3.28. The molecule has 0 saturated carbocycles. The van der Waals surface area contributed by atoms with Crippen LogP contribution in [0.3, 0.4) is 0 Å². The third-order valence-electron chi connectivity index (χ3n) is 7.46. The molecular formula is C24H32N2O5. The van der Waals surface area contributed by atoms with Crippen LogP contribution in [0.1, 0.15) is 42.1 Å². The first kappa shape index (κ1) is 21.7. The molecule has 0 unspecified atom stereocenters. The third kappa shape index (κ3) is 3.21. The normalized spacial score (nSPS) is 30.0. The van der Waals surface area contributed by atoms with E-state index in [1.807, 2.05) is 19.1 Å². The number of esters is 1. The first-order valence-electron chi connectivity index (χ1n) is 11.0. The minimum absolute atomic E-state index is 0.0184. The van der Waals surface area contributed by atoms with Crippen LogP contribution in [-0.4, -0.2) is 62.7 Å². The molecule has 0 radical (unpaired) electrons. The summed E-state index contributed by atoms with van der Waals surface area (Å²) in [5, 5.41) is 3.59. The average molecular weight is 429 g/mol. The number of hydrogen-bond acceptors (Lipinski definition) is 7. The van der Waals surface area contributed by atoms with Crippen molar-refractivity contribution in [1.29, 1.82) is 0 Å². The van der Waals surface area contributed by atoms with Gasteiger partial charge in [0.1, 0.15) is 11.3 Å². The van der Waals surface area contributed by atoms with Crippen molar-refractivity contribution in [3.63, 3.8) is 0 Å². The molecule has 1 N–H and O–H groups in total. The maximum absolute atomic E-state index is 13.9. The minimum atomic E-state index is -0.700. The van der Waals surface area contributed by atoms with Crippen molar-refractivity contribution in [2.24, 2.45) is 11.8 Å². The summed E-state index contributed by atoms with van der Waals surface area (Å²) in [6, 6.07) is 3.94. The van der Waals surface area contributed by atoms with Gasteiger partial charge in [0.15, 0.2) is 5.78 Å². The molecule has 3 heterocycles. The number of methoxy groups -OCH3 is 3. The molecule has 1 spiro atoms. The van der Waals surface area contributed by atoms with E-state index in [9.17, 15) is 9.59 Å². The van der Waals surface area contributed by atoms with Gasteiger partial charge in [0.25, 0.3) is 0 Å². The number of Topliss-reactive ketones (excluding diaryl/α,β-unsaturated/α-hetero) is 1. The van der Waals surface area contributed by atoms with Gasteiger partial charge >= 0.3 is 5.97 Å². The number of rotatable bonds is 5. The van der Waals surface area contributed by atoms with Crippen LogP contribution >= 0.6 is 0 Å². The van der Waals surface area contributed by atoms with E-state index in [4.69, 9.17) is 14.2 Å². The highest BCUT2D eigenvalue weighted by atomic mass is 16.5.